The lowest BCUT2D eigenvalue weighted by Gasteiger charge is -2.18. The molecule has 0 aromatic rings. The third-order valence-electron chi connectivity index (χ3n) is 1.88. The van der Waals surface area contributed by atoms with E-state index in [1.807, 2.05) is 12.2 Å². The van der Waals surface area contributed by atoms with E-state index in [9.17, 15) is 4.79 Å². The number of hydrogen-bond donors (Lipinski definition) is 1. The number of rotatable bonds is 8. The monoisotopic (exact) mass is 208 g/mol. The minimum atomic E-state index is -0.0906. The Morgan fingerprint density at radius 3 is 2.27 bits per heavy atom. The normalized spacial score (nSPS) is 9.73. The van der Waals surface area contributed by atoms with Crippen molar-refractivity contribution in [3.8, 4) is 0 Å². The quantitative estimate of drug-likeness (QED) is 0.482. The molecule has 0 aromatic carbocycles. The molecule has 0 aliphatic heterocycles. The van der Waals surface area contributed by atoms with Gasteiger partial charge >= 0.3 is 0 Å². The van der Waals surface area contributed by atoms with Crippen molar-refractivity contribution in [3.05, 3.63) is 37.5 Å². The molecule has 0 aromatic heterocycles. The molecule has 0 radical (unpaired) electrons. The molecule has 3 heteroatoms. The van der Waals surface area contributed by atoms with Gasteiger partial charge in [0.2, 0.25) is 5.91 Å². The van der Waals surface area contributed by atoms with Crippen molar-refractivity contribution in [2.45, 2.75) is 6.92 Å². The van der Waals surface area contributed by atoms with Crippen LogP contribution in [0.3, 0.4) is 0 Å². The standard InChI is InChI=1S/C12H20N2O/c1-5-8-14(9-6-2)10-7-13-12(15)11(3)4/h5-6H,1-3,7-10H2,4H3,(H,13,15). The second-order valence-corrected chi connectivity index (χ2v) is 3.37. The number of nitrogens with zero attached hydrogens (tertiary/aromatic N) is 1. The highest BCUT2D eigenvalue weighted by Crippen LogP contribution is 1.89. The number of hydrogen-bond acceptors (Lipinski definition) is 2. The van der Waals surface area contributed by atoms with E-state index in [4.69, 9.17) is 0 Å². The van der Waals surface area contributed by atoms with Crippen molar-refractivity contribution in [3.63, 3.8) is 0 Å². The summed E-state index contributed by atoms with van der Waals surface area (Å²) in [6.07, 6.45) is 3.67. The van der Waals surface area contributed by atoms with Gasteiger partial charge in [-0.05, 0) is 6.92 Å². The first-order chi connectivity index (χ1) is 7.11. The van der Waals surface area contributed by atoms with Gasteiger partial charge in [-0.25, -0.2) is 0 Å². The van der Waals surface area contributed by atoms with E-state index >= 15 is 0 Å². The Kier molecular flexibility index (Phi) is 7.28. The summed E-state index contributed by atoms with van der Waals surface area (Å²) in [5.41, 5.74) is 0.536. The van der Waals surface area contributed by atoms with E-state index in [0.717, 1.165) is 19.6 Å². The lowest BCUT2D eigenvalue weighted by atomic mass is 10.3. The molecule has 0 fully saturated rings. The molecule has 0 aliphatic rings. The van der Waals surface area contributed by atoms with Gasteiger partial charge in [-0.15, -0.1) is 13.2 Å². The summed E-state index contributed by atoms with van der Waals surface area (Å²) in [5, 5.41) is 2.78. The first-order valence-corrected chi connectivity index (χ1v) is 4.99. The third-order valence-corrected chi connectivity index (χ3v) is 1.88. The topological polar surface area (TPSA) is 32.3 Å². The van der Waals surface area contributed by atoms with Crippen LogP contribution in [0.4, 0.5) is 0 Å². The summed E-state index contributed by atoms with van der Waals surface area (Å²) in [4.78, 5) is 13.3. The van der Waals surface area contributed by atoms with Crippen LogP contribution in [0.15, 0.2) is 37.5 Å². The van der Waals surface area contributed by atoms with Crippen LogP contribution in [0.2, 0.25) is 0 Å². The van der Waals surface area contributed by atoms with Gasteiger partial charge in [0.15, 0.2) is 0 Å². The number of nitrogens with one attached hydrogen (secondary N) is 1. The third kappa shape index (κ3) is 6.69. The van der Waals surface area contributed by atoms with Crippen molar-refractivity contribution < 1.29 is 4.79 Å². The molecule has 1 N–H and O–H groups in total. The molecule has 0 saturated heterocycles. The average Bonchev–Trinajstić information content (AvgIpc) is 2.18. The predicted octanol–water partition coefficient (Wildman–Crippen LogP) is 1.35. The maximum Gasteiger partial charge on any atom is 0.246 e. The van der Waals surface area contributed by atoms with Crippen molar-refractivity contribution in [2.24, 2.45) is 0 Å². The van der Waals surface area contributed by atoms with E-state index in [1.54, 1.807) is 6.92 Å². The van der Waals surface area contributed by atoms with Crippen molar-refractivity contribution in [1.82, 2.24) is 10.2 Å². The first-order valence-electron chi connectivity index (χ1n) is 4.99. The second-order valence-electron chi connectivity index (χ2n) is 3.37. The highest BCUT2D eigenvalue weighted by molar-refractivity contribution is 5.92. The van der Waals surface area contributed by atoms with Gasteiger partial charge in [-0.1, -0.05) is 18.7 Å². The maximum absolute atomic E-state index is 11.2. The van der Waals surface area contributed by atoms with E-state index in [-0.39, 0.29) is 5.91 Å². The molecule has 0 bridgehead atoms. The van der Waals surface area contributed by atoms with Crippen LogP contribution in [0.5, 0.6) is 0 Å². The summed E-state index contributed by atoms with van der Waals surface area (Å²) in [6.45, 7) is 15.6. The zero-order chi connectivity index (χ0) is 11.7. The molecular weight excluding hydrogens is 188 g/mol. The van der Waals surface area contributed by atoms with Crippen LogP contribution in [0.1, 0.15) is 6.92 Å². The van der Waals surface area contributed by atoms with Crippen molar-refractivity contribution in [1.29, 1.82) is 0 Å². The summed E-state index contributed by atoms with van der Waals surface area (Å²) in [6, 6.07) is 0. The van der Waals surface area contributed by atoms with Gasteiger partial charge in [0.25, 0.3) is 0 Å². The van der Waals surface area contributed by atoms with E-state index in [1.165, 1.54) is 0 Å². The number of carbonyl (C=O) groups excluding carboxylic acids is 1. The molecule has 0 saturated carbocycles. The van der Waals surface area contributed by atoms with Crippen LogP contribution in [0.25, 0.3) is 0 Å². The fourth-order valence-electron chi connectivity index (χ4n) is 1.10. The first kappa shape index (κ1) is 13.7. The SMILES string of the molecule is C=CCN(CC=C)CCNC(=O)C(=C)C. The molecule has 0 aliphatic carbocycles. The maximum atomic E-state index is 11.2. The molecular formula is C12H20N2O. The molecule has 0 rings (SSSR count). The van der Waals surface area contributed by atoms with Crippen LogP contribution in [0, 0.1) is 0 Å². The van der Waals surface area contributed by atoms with Crippen LogP contribution < -0.4 is 5.32 Å². The van der Waals surface area contributed by atoms with E-state index < -0.39 is 0 Å². The van der Waals surface area contributed by atoms with Crippen molar-refractivity contribution in [2.75, 3.05) is 26.2 Å². The Bertz CT molecular complexity index is 236. The minimum absolute atomic E-state index is 0.0906. The van der Waals surface area contributed by atoms with Crippen LogP contribution >= 0.6 is 0 Å². The van der Waals surface area contributed by atoms with Gasteiger partial charge in [0.1, 0.15) is 0 Å². The molecule has 0 heterocycles. The Hall–Kier alpha value is -1.35. The molecule has 0 unspecified atom stereocenters. The molecule has 3 nitrogen and oxygen atoms in total. The minimum Gasteiger partial charge on any atom is -0.351 e. The van der Waals surface area contributed by atoms with Gasteiger partial charge in [-0.2, -0.15) is 0 Å². The number of carbonyl (C=O) groups is 1. The smallest absolute Gasteiger partial charge is 0.246 e. The van der Waals surface area contributed by atoms with Crippen LogP contribution in [-0.2, 0) is 4.79 Å². The molecule has 84 valence electrons. The summed E-state index contributed by atoms with van der Waals surface area (Å²) >= 11 is 0. The zero-order valence-corrected chi connectivity index (χ0v) is 9.46. The Balaban J connectivity index is 3.79. The fraction of sp³-hybridized carbons (Fsp3) is 0.417. The van der Waals surface area contributed by atoms with Gasteiger partial charge in [0, 0.05) is 31.8 Å². The Morgan fingerprint density at radius 2 is 1.87 bits per heavy atom. The van der Waals surface area contributed by atoms with Crippen molar-refractivity contribution >= 4 is 5.91 Å². The zero-order valence-electron chi connectivity index (χ0n) is 9.46. The van der Waals surface area contributed by atoms with E-state index in [0.29, 0.717) is 12.1 Å². The lowest BCUT2D eigenvalue weighted by molar-refractivity contribution is -0.117. The Morgan fingerprint density at radius 1 is 1.33 bits per heavy atom. The van der Waals surface area contributed by atoms with Gasteiger partial charge in [-0.3, -0.25) is 9.69 Å². The molecule has 0 atom stereocenters. The summed E-state index contributed by atoms with van der Waals surface area (Å²) in [7, 11) is 0. The fourth-order valence-corrected chi connectivity index (χ4v) is 1.10. The Labute approximate surface area is 92.2 Å². The molecule has 15 heavy (non-hydrogen) atoms. The lowest BCUT2D eigenvalue weighted by Crippen LogP contribution is -2.35. The van der Waals surface area contributed by atoms with Gasteiger partial charge in [0.05, 0.1) is 0 Å². The van der Waals surface area contributed by atoms with Crippen LogP contribution in [-0.4, -0.2) is 37.0 Å². The molecule has 0 spiro atoms. The second kappa shape index (κ2) is 8.00. The van der Waals surface area contributed by atoms with E-state index in [2.05, 4.69) is 30.0 Å². The summed E-state index contributed by atoms with van der Waals surface area (Å²) in [5.74, 6) is -0.0906. The number of amides is 1. The molecule has 1 amide bonds. The van der Waals surface area contributed by atoms with Gasteiger partial charge < -0.3 is 5.32 Å². The average molecular weight is 208 g/mol. The largest absolute Gasteiger partial charge is 0.351 e. The highest BCUT2D eigenvalue weighted by atomic mass is 16.1. The highest BCUT2D eigenvalue weighted by Gasteiger charge is 2.03. The predicted molar refractivity (Wildman–Crippen MR) is 64.7 cm³/mol. The summed E-state index contributed by atoms with van der Waals surface area (Å²) < 4.78 is 0.